The summed E-state index contributed by atoms with van der Waals surface area (Å²) in [4.78, 5) is 5.32. The van der Waals surface area contributed by atoms with Gasteiger partial charge in [0.25, 0.3) is 0 Å². The summed E-state index contributed by atoms with van der Waals surface area (Å²) in [5.41, 5.74) is 8.82. The number of hydrogen-bond donors (Lipinski definition) is 2. The summed E-state index contributed by atoms with van der Waals surface area (Å²) in [5, 5.41) is 0. The first-order chi connectivity index (χ1) is 5.68. The van der Waals surface area contributed by atoms with E-state index >= 15 is 0 Å². The van der Waals surface area contributed by atoms with Crippen molar-refractivity contribution in [2.75, 3.05) is 6.61 Å². The van der Waals surface area contributed by atoms with Crippen molar-refractivity contribution >= 4 is 0 Å². The van der Waals surface area contributed by atoms with Crippen LogP contribution in [-0.4, -0.2) is 18.7 Å². The lowest BCUT2D eigenvalue weighted by Crippen LogP contribution is -2.29. The average Bonchev–Trinajstić information content (AvgIpc) is 2.35. The second kappa shape index (κ2) is 4.80. The van der Waals surface area contributed by atoms with E-state index in [0.717, 1.165) is 25.9 Å². The predicted molar refractivity (Wildman–Crippen MR) is 49.5 cm³/mol. The number of nitrogens with two attached hydrogens (primary N) is 1. The highest BCUT2D eigenvalue weighted by atomic mass is 16.6. The maximum atomic E-state index is 5.76. The van der Waals surface area contributed by atoms with E-state index in [1.807, 2.05) is 0 Å². The Balaban J connectivity index is 2.00. The molecular weight excluding hydrogens is 152 g/mol. The second-order valence-corrected chi connectivity index (χ2v) is 4.09. The first kappa shape index (κ1) is 9.96. The van der Waals surface area contributed by atoms with Gasteiger partial charge in [-0.2, -0.15) is 5.48 Å². The zero-order valence-electron chi connectivity index (χ0n) is 8.05. The van der Waals surface area contributed by atoms with Crippen molar-refractivity contribution in [3.8, 4) is 0 Å². The standard InChI is InChI=1S/C9H20N2O/c1-7(2)6-12-11-9-4-3-8(10)5-9/h7-9,11H,3-6,10H2,1-2H3. The van der Waals surface area contributed by atoms with Crippen LogP contribution >= 0.6 is 0 Å². The van der Waals surface area contributed by atoms with Gasteiger partial charge in [-0.1, -0.05) is 13.8 Å². The van der Waals surface area contributed by atoms with E-state index in [1.165, 1.54) is 0 Å². The van der Waals surface area contributed by atoms with Crippen LogP contribution in [0.25, 0.3) is 0 Å². The molecule has 0 aromatic carbocycles. The zero-order chi connectivity index (χ0) is 8.97. The molecule has 3 nitrogen and oxygen atoms in total. The van der Waals surface area contributed by atoms with Gasteiger partial charge >= 0.3 is 0 Å². The third-order valence-electron chi connectivity index (χ3n) is 2.14. The Hall–Kier alpha value is -0.120. The monoisotopic (exact) mass is 172 g/mol. The Kier molecular flexibility index (Phi) is 3.98. The molecule has 12 heavy (non-hydrogen) atoms. The van der Waals surface area contributed by atoms with E-state index < -0.39 is 0 Å². The molecule has 0 saturated heterocycles. The molecule has 2 unspecified atom stereocenters. The van der Waals surface area contributed by atoms with Crippen molar-refractivity contribution < 1.29 is 4.84 Å². The maximum absolute atomic E-state index is 5.76. The van der Waals surface area contributed by atoms with Crippen LogP contribution in [0.3, 0.4) is 0 Å². The third kappa shape index (κ3) is 3.52. The summed E-state index contributed by atoms with van der Waals surface area (Å²) in [5.74, 6) is 0.590. The van der Waals surface area contributed by atoms with Crippen molar-refractivity contribution in [3.05, 3.63) is 0 Å². The fourth-order valence-corrected chi connectivity index (χ4v) is 1.46. The smallest absolute Gasteiger partial charge is 0.0705 e. The Bertz CT molecular complexity index is 128. The number of nitrogens with one attached hydrogen (secondary N) is 1. The quantitative estimate of drug-likeness (QED) is 0.623. The summed E-state index contributed by atoms with van der Waals surface area (Å²) in [6, 6.07) is 0.865. The van der Waals surface area contributed by atoms with Gasteiger partial charge in [-0.05, 0) is 25.2 Å². The average molecular weight is 172 g/mol. The highest BCUT2D eigenvalue weighted by molar-refractivity contribution is 4.80. The third-order valence-corrected chi connectivity index (χ3v) is 2.14. The fourth-order valence-electron chi connectivity index (χ4n) is 1.46. The van der Waals surface area contributed by atoms with Crippen LogP contribution in [0.2, 0.25) is 0 Å². The summed E-state index contributed by atoms with van der Waals surface area (Å²) in [6.07, 6.45) is 3.33. The van der Waals surface area contributed by atoms with Crippen LogP contribution in [0.1, 0.15) is 33.1 Å². The lowest BCUT2D eigenvalue weighted by molar-refractivity contribution is 0.00209. The minimum Gasteiger partial charge on any atom is -0.328 e. The van der Waals surface area contributed by atoms with E-state index in [2.05, 4.69) is 19.3 Å². The number of hydrogen-bond acceptors (Lipinski definition) is 3. The molecule has 0 radical (unpaired) electrons. The minimum atomic E-state index is 0.380. The molecule has 0 spiro atoms. The Morgan fingerprint density at radius 2 is 2.25 bits per heavy atom. The molecule has 1 aliphatic carbocycles. The first-order valence-electron chi connectivity index (χ1n) is 4.81. The van der Waals surface area contributed by atoms with Gasteiger partial charge in [-0.25, -0.2) is 0 Å². The Labute approximate surface area is 74.6 Å². The van der Waals surface area contributed by atoms with Gasteiger partial charge in [0.15, 0.2) is 0 Å². The second-order valence-electron chi connectivity index (χ2n) is 4.09. The lowest BCUT2D eigenvalue weighted by atomic mass is 10.2. The zero-order valence-corrected chi connectivity index (χ0v) is 8.05. The van der Waals surface area contributed by atoms with E-state index in [-0.39, 0.29) is 0 Å². The molecule has 0 aromatic heterocycles. The van der Waals surface area contributed by atoms with Crippen LogP contribution in [0.5, 0.6) is 0 Å². The topological polar surface area (TPSA) is 47.3 Å². The molecule has 2 atom stereocenters. The van der Waals surface area contributed by atoms with Gasteiger partial charge in [0.2, 0.25) is 0 Å². The predicted octanol–water partition coefficient (Wildman–Crippen LogP) is 1.04. The van der Waals surface area contributed by atoms with E-state index in [0.29, 0.717) is 18.0 Å². The molecule has 3 N–H and O–H groups in total. The molecular formula is C9H20N2O. The highest BCUT2D eigenvalue weighted by Gasteiger charge is 2.21. The SMILES string of the molecule is CC(C)CONC1CCC(N)C1. The maximum Gasteiger partial charge on any atom is 0.0705 e. The van der Waals surface area contributed by atoms with E-state index in [4.69, 9.17) is 10.6 Å². The molecule has 72 valence electrons. The van der Waals surface area contributed by atoms with Gasteiger partial charge in [-0.15, -0.1) is 0 Å². The van der Waals surface area contributed by atoms with Crippen LogP contribution in [-0.2, 0) is 4.84 Å². The molecule has 3 heteroatoms. The van der Waals surface area contributed by atoms with Crippen molar-refractivity contribution in [2.24, 2.45) is 11.7 Å². The summed E-state index contributed by atoms with van der Waals surface area (Å²) in [6.45, 7) is 5.07. The molecule has 1 saturated carbocycles. The van der Waals surface area contributed by atoms with Gasteiger partial charge in [0, 0.05) is 12.1 Å². The largest absolute Gasteiger partial charge is 0.328 e. The molecule has 0 aromatic rings. The molecule has 1 fully saturated rings. The normalized spacial score (nSPS) is 30.0. The van der Waals surface area contributed by atoms with Gasteiger partial charge in [0.1, 0.15) is 0 Å². The highest BCUT2D eigenvalue weighted by Crippen LogP contribution is 2.16. The summed E-state index contributed by atoms with van der Waals surface area (Å²) < 4.78 is 0. The molecule has 0 amide bonds. The molecule has 0 aliphatic heterocycles. The van der Waals surface area contributed by atoms with Crippen LogP contribution in [0.4, 0.5) is 0 Å². The van der Waals surface area contributed by atoms with Crippen LogP contribution in [0, 0.1) is 5.92 Å². The van der Waals surface area contributed by atoms with Crippen LogP contribution in [0.15, 0.2) is 0 Å². The summed E-state index contributed by atoms with van der Waals surface area (Å²) in [7, 11) is 0. The minimum absolute atomic E-state index is 0.380. The van der Waals surface area contributed by atoms with Crippen LogP contribution < -0.4 is 11.2 Å². The summed E-state index contributed by atoms with van der Waals surface area (Å²) >= 11 is 0. The lowest BCUT2D eigenvalue weighted by Gasteiger charge is -2.13. The fraction of sp³-hybridized carbons (Fsp3) is 1.00. The number of hydroxylamine groups is 1. The molecule has 0 heterocycles. The van der Waals surface area contributed by atoms with Crippen molar-refractivity contribution in [1.29, 1.82) is 0 Å². The first-order valence-corrected chi connectivity index (χ1v) is 4.81. The van der Waals surface area contributed by atoms with E-state index in [1.54, 1.807) is 0 Å². The number of rotatable bonds is 4. The molecule has 0 bridgehead atoms. The Morgan fingerprint density at radius 1 is 1.50 bits per heavy atom. The van der Waals surface area contributed by atoms with Crippen molar-refractivity contribution in [2.45, 2.75) is 45.2 Å². The molecule has 1 rings (SSSR count). The van der Waals surface area contributed by atoms with Crippen molar-refractivity contribution in [3.63, 3.8) is 0 Å². The molecule has 1 aliphatic rings. The van der Waals surface area contributed by atoms with Crippen molar-refractivity contribution in [1.82, 2.24) is 5.48 Å². The van der Waals surface area contributed by atoms with Gasteiger partial charge in [-0.3, -0.25) is 0 Å². The van der Waals surface area contributed by atoms with Gasteiger partial charge in [0.05, 0.1) is 6.61 Å². The van der Waals surface area contributed by atoms with Gasteiger partial charge < -0.3 is 10.6 Å². The Morgan fingerprint density at radius 3 is 2.75 bits per heavy atom. The van der Waals surface area contributed by atoms with E-state index in [9.17, 15) is 0 Å².